The maximum atomic E-state index is 13.1. The molecule has 3 aromatic rings. The van der Waals surface area contributed by atoms with Crippen molar-refractivity contribution in [1.29, 1.82) is 0 Å². The van der Waals surface area contributed by atoms with Crippen LogP contribution in [0.2, 0.25) is 0 Å². The fraction of sp³-hybridized carbons (Fsp3) is 0.462. The van der Waals surface area contributed by atoms with Gasteiger partial charge in [0.1, 0.15) is 17.1 Å². The van der Waals surface area contributed by atoms with Crippen molar-refractivity contribution < 1.29 is 14.3 Å². The normalized spacial score (nSPS) is 19.8. The molecule has 0 radical (unpaired) electrons. The van der Waals surface area contributed by atoms with E-state index in [0.717, 1.165) is 70.1 Å². The highest BCUT2D eigenvalue weighted by molar-refractivity contribution is 5.96. The van der Waals surface area contributed by atoms with E-state index in [1.807, 2.05) is 34.9 Å². The molecule has 7 heteroatoms. The Hall–Kier alpha value is -2.74. The molecule has 1 unspecified atom stereocenters. The molecule has 0 spiro atoms. The van der Waals surface area contributed by atoms with E-state index in [2.05, 4.69) is 33.0 Å². The van der Waals surface area contributed by atoms with Gasteiger partial charge in [-0.1, -0.05) is 18.2 Å². The summed E-state index contributed by atoms with van der Waals surface area (Å²) in [4.78, 5) is 22.2. The monoisotopic (exact) mass is 448 g/mol. The third-order valence-corrected chi connectivity index (χ3v) is 6.65. The molecule has 7 nitrogen and oxygen atoms in total. The summed E-state index contributed by atoms with van der Waals surface area (Å²) in [7, 11) is 0. The summed E-state index contributed by atoms with van der Waals surface area (Å²) in [5, 5.41) is 0. The van der Waals surface area contributed by atoms with Crippen molar-refractivity contribution in [1.82, 2.24) is 19.2 Å². The zero-order valence-electron chi connectivity index (χ0n) is 19.1. The summed E-state index contributed by atoms with van der Waals surface area (Å²) in [6, 6.07) is 14.4. The third kappa shape index (κ3) is 5.27. The lowest BCUT2D eigenvalue weighted by Crippen LogP contribution is -2.37. The van der Waals surface area contributed by atoms with Gasteiger partial charge in [-0.05, 0) is 55.6 Å². The number of likely N-dealkylation sites (tertiary alicyclic amines) is 1. The number of aromatic nitrogens is 2. The lowest BCUT2D eigenvalue weighted by molar-refractivity contribution is 0.0358. The Morgan fingerprint density at radius 3 is 2.94 bits per heavy atom. The highest BCUT2D eigenvalue weighted by Crippen LogP contribution is 2.33. The summed E-state index contributed by atoms with van der Waals surface area (Å²) >= 11 is 0. The third-order valence-electron chi connectivity index (χ3n) is 6.65. The zero-order chi connectivity index (χ0) is 22.5. The number of ether oxygens (including phenoxy) is 2. The predicted octanol–water partition coefficient (Wildman–Crippen LogP) is 3.46. The van der Waals surface area contributed by atoms with E-state index in [1.165, 1.54) is 5.56 Å². The number of nitrogens with zero attached hydrogens (tertiary/aromatic N) is 4. The van der Waals surface area contributed by atoms with Crippen LogP contribution >= 0.6 is 0 Å². The minimum atomic E-state index is 0.108. The van der Waals surface area contributed by atoms with Gasteiger partial charge in [0, 0.05) is 31.9 Å². The molecule has 0 saturated carbocycles. The second-order valence-electron chi connectivity index (χ2n) is 8.85. The average Bonchev–Trinajstić information content (AvgIpc) is 3.50. The number of morpholine rings is 1. The largest absolute Gasteiger partial charge is 0.494 e. The summed E-state index contributed by atoms with van der Waals surface area (Å²) in [6.07, 6.45) is 6.75. The number of pyridine rings is 1. The first-order valence-corrected chi connectivity index (χ1v) is 12.0. The number of benzene rings is 1. The Labute approximate surface area is 194 Å². The number of carbonyl (C=O) groups excluding carboxylic acids is 1. The summed E-state index contributed by atoms with van der Waals surface area (Å²) in [6.45, 7) is 6.78. The van der Waals surface area contributed by atoms with E-state index < -0.39 is 0 Å². The van der Waals surface area contributed by atoms with Gasteiger partial charge in [0.05, 0.1) is 32.6 Å². The summed E-state index contributed by atoms with van der Waals surface area (Å²) in [5.74, 6) is 1.02. The van der Waals surface area contributed by atoms with Gasteiger partial charge in [0.15, 0.2) is 5.78 Å². The van der Waals surface area contributed by atoms with Gasteiger partial charge in [-0.15, -0.1) is 0 Å². The number of carbonyl (C=O) groups is 1. The highest BCUT2D eigenvalue weighted by Gasteiger charge is 2.29. The fourth-order valence-corrected chi connectivity index (χ4v) is 4.91. The minimum absolute atomic E-state index is 0.108. The van der Waals surface area contributed by atoms with E-state index in [9.17, 15) is 4.79 Å². The summed E-state index contributed by atoms with van der Waals surface area (Å²) in [5.41, 5.74) is 2.68. The molecule has 0 aliphatic carbocycles. The topological polar surface area (TPSA) is 59.3 Å². The van der Waals surface area contributed by atoms with Crippen LogP contribution in [0.5, 0.6) is 5.75 Å². The molecular formula is C26H32N4O3. The Morgan fingerprint density at radius 2 is 2.03 bits per heavy atom. The van der Waals surface area contributed by atoms with Crippen LogP contribution in [-0.2, 0) is 4.74 Å². The van der Waals surface area contributed by atoms with Crippen molar-refractivity contribution >= 4 is 11.4 Å². The maximum Gasteiger partial charge on any atom is 0.195 e. The van der Waals surface area contributed by atoms with Gasteiger partial charge in [0.25, 0.3) is 0 Å². The maximum absolute atomic E-state index is 13.1. The lowest BCUT2D eigenvalue weighted by Gasteiger charge is -2.26. The molecule has 33 heavy (non-hydrogen) atoms. The molecule has 174 valence electrons. The Kier molecular flexibility index (Phi) is 7.00. The second kappa shape index (κ2) is 10.5. The van der Waals surface area contributed by atoms with Gasteiger partial charge < -0.3 is 9.47 Å². The van der Waals surface area contributed by atoms with Gasteiger partial charge in [-0.3, -0.25) is 19.0 Å². The first-order chi connectivity index (χ1) is 16.3. The van der Waals surface area contributed by atoms with E-state index in [4.69, 9.17) is 9.47 Å². The Bertz CT molecular complexity index is 1080. The molecule has 0 amide bonds. The molecule has 2 saturated heterocycles. The average molecular weight is 449 g/mol. The number of Topliss-reactive ketones (excluding diaryl/α,β-unsaturated/α-hetero) is 1. The molecule has 1 atom stereocenters. The number of fused-ring (bicyclic) bond motifs is 1. The fourth-order valence-electron chi connectivity index (χ4n) is 4.91. The van der Waals surface area contributed by atoms with Gasteiger partial charge in [0.2, 0.25) is 0 Å². The molecule has 0 bridgehead atoms. The van der Waals surface area contributed by atoms with E-state index in [-0.39, 0.29) is 11.8 Å². The van der Waals surface area contributed by atoms with Crippen LogP contribution in [0.15, 0.2) is 54.9 Å². The summed E-state index contributed by atoms with van der Waals surface area (Å²) < 4.78 is 13.3. The highest BCUT2D eigenvalue weighted by atomic mass is 16.5. The van der Waals surface area contributed by atoms with Crippen molar-refractivity contribution in [3.05, 3.63) is 66.1 Å². The zero-order valence-corrected chi connectivity index (χ0v) is 19.1. The van der Waals surface area contributed by atoms with Gasteiger partial charge >= 0.3 is 0 Å². The molecule has 1 aromatic carbocycles. The van der Waals surface area contributed by atoms with Crippen molar-refractivity contribution in [2.45, 2.75) is 25.3 Å². The van der Waals surface area contributed by atoms with Crippen LogP contribution in [0.25, 0.3) is 5.65 Å². The number of hydrogen-bond donors (Lipinski definition) is 0. The molecule has 2 fully saturated rings. The van der Waals surface area contributed by atoms with Gasteiger partial charge in [-0.25, -0.2) is 4.98 Å². The number of ketones is 1. The van der Waals surface area contributed by atoms with E-state index >= 15 is 0 Å². The van der Waals surface area contributed by atoms with Crippen LogP contribution in [0, 0.1) is 0 Å². The van der Waals surface area contributed by atoms with Crippen LogP contribution < -0.4 is 4.74 Å². The van der Waals surface area contributed by atoms with Crippen LogP contribution in [-0.4, -0.2) is 77.5 Å². The quantitative estimate of drug-likeness (QED) is 0.369. The number of hydrogen-bond acceptors (Lipinski definition) is 6. The molecule has 2 aliphatic heterocycles. The smallest absolute Gasteiger partial charge is 0.195 e. The molecule has 4 heterocycles. The molecule has 0 N–H and O–H groups in total. The van der Waals surface area contributed by atoms with Crippen LogP contribution in [0.3, 0.4) is 0 Å². The first-order valence-electron chi connectivity index (χ1n) is 12.0. The number of rotatable bonds is 9. The molecule has 2 aromatic heterocycles. The Morgan fingerprint density at radius 1 is 1.12 bits per heavy atom. The predicted molar refractivity (Wildman–Crippen MR) is 127 cm³/mol. The van der Waals surface area contributed by atoms with E-state index in [1.54, 1.807) is 6.20 Å². The molecule has 5 rings (SSSR count). The molecular weight excluding hydrogens is 416 g/mol. The second-order valence-corrected chi connectivity index (χ2v) is 8.85. The van der Waals surface area contributed by atoms with Crippen molar-refractivity contribution in [2.75, 3.05) is 52.5 Å². The molecule has 2 aliphatic rings. The standard InChI is InChI=1S/C26H32N4O3/c31-25(24-19-27-26-9-1-2-12-30(24)26)20-29-11-4-8-23(29)21-6-3-7-22(18-21)33-15-5-10-28-13-16-32-17-14-28/h1-3,6-7,9,12,18-19,23H,4-5,8,10-11,13-17,20H2. The number of imidazole rings is 1. The first kappa shape index (κ1) is 22.1. The van der Waals surface area contributed by atoms with Crippen LogP contribution in [0.1, 0.15) is 41.4 Å². The SMILES string of the molecule is O=C(CN1CCCC1c1cccc(OCCCN2CCOCC2)c1)c1cnc2ccccn12. The van der Waals surface area contributed by atoms with Crippen molar-refractivity contribution in [2.24, 2.45) is 0 Å². The lowest BCUT2D eigenvalue weighted by atomic mass is 10.0. The van der Waals surface area contributed by atoms with Crippen molar-refractivity contribution in [3.8, 4) is 5.75 Å². The minimum Gasteiger partial charge on any atom is -0.494 e. The van der Waals surface area contributed by atoms with E-state index in [0.29, 0.717) is 18.8 Å². The van der Waals surface area contributed by atoms with Crippen LogP contribution in [0.4, 0.5) is 0 Å². The Balaban J connectivity index is 1.18. The van der Waals surface area contributed by atoms with Crippen molar-refractivity contribution in [3.63, 3.8) is 0 Å². The van der Waals surface area contributed by atoms with Gasteiger partial charge in [-0.2, -0.15) is 0 Å².